The standard InChI is InChI=1S/C12H20N2OS/c1-12(2,10-6-5-9-16-10)11(15)14(4)8-7-13-3/h5-6,9,13H,7-8H2,1-4H3. The van der Waals surface area contributed by atoms with Gasteiger partial charge in [-0.2, -0.15) is 0 Å². The number of rotatable bonds is 5. The van der Waals surface area contributed by atoms with E-state index in [1.807, 2.05) is 45.5 Å². The predicted octanol–water partition coefficient (Wildman–Crippen LogP) is 1.70. The smallest absolute Gasteiger partial charge is 0.233 e. The van der Waals surface area contributed by atoms with Crippen LogP contribution in [0, 0.1) is 0 Å². The molecule has 0 unspecified atom stereocenters. The normalized spacial score (nSPS) is 11.5. The number of amides is 1. The van der Waals surface area contributed by atoms with Gasteiger partial charge in [0.15, 0.2) is 0 Å². The van der Waals surface area contributed by atoms with Gasteiger partial charge in [0.1, 0.15) is 0 Å². The molecule has 3 nitrogen and oxygen atoms in total. The van der Waals surface area contributed by atoms with Gasteiger partial charge >= 0.3 is 0 Å². The summed E-state index contributed by atoms with van der Waals surface area (Å²) < 4.78 is 0. The molecule has 0 fully saturated rings. The lowest BCUT2D eigenvalue weighted by molar-refractivity contribution is -0.134. The minimum absolute atomic E-state index is 0.171. The van der Waals surface area contributed by atoms with E-state index in [0.29, 0.717) is 0 Å². The van der Waals surface area contributed by atoms with E-state index in [-0.39, 0.29) is 5.91 Å². The number of carbonyl (C=O) groups is 1. The Bertz CT molecular complexity index is 333. The zero-order valence-corrected chi connectivity index (χ0v) is 11.2. The highest BCUT2D eigenvalue weighted by Gasteiger charge is 2.32. The van der Waals surface area contributed by atoms with Crippen LogP contribution >= 0.6 is 11.3 Å². The molecule has 1 heterocycles. The molecule has 16 heavy (non-hydrogen) atoms. The topological polar surface area (TPSA) is 32.3 Å². The van der Waals surface area contributed by atoms with Crippen LogP contribution in [0.5, 0.6) is 0 Å². The molecule has 0 spiro atoms. The van der Waals surface area contributed by atoms with Crippen molar-refractivity contribution in [2.24, 2.45) is 0 Å². The first kappa shape index (κ1) is 13.2. The maximum atomic E-state index is 12.3. The van der Waals surface area contributed by atoms with E-state index in [2.05, 4.69) is 5.32 Å². The molecule has 1 amide bonds. The molecule has 0 atom stereocenters. The van der Waals surface area contributed by atoms with Crippen LogP contribution < -0.4 is 5.32 Å². The lowest BCUT2D eigenvalue weighted by Gasteiger charge is -2.28. The lowest BCUT2D eigenvalue weighted by atomic mass is 9.90. The first-order valence-corrected chi connectivity index (χ1v) is 6.32. The molecule has 1 N–H and O–H groups in total. The number of likely N-dealkylation sites (N-methyl/N-ethyl adjacent to an activating group) is 2. The summed E-state index contributed by atoms with van der Waals surface area (Å²) in [6, 6.07) is 4.01. The van der Waals surface area contributed by atoms with E-state index in [9.17, 15) is 4.79 Å². The number of carbonyl (C=O) groups excluding carboxylic acids is 1. The van der Waals surface area contributed by atoms with Crippen molar-refractivity contribution in [3.8, 4) is 0 Å². The van der Waals surface area contributed by atoms with Crippen molar-refractivity contribution in [1.29, 1.82) is 0 Å². The van der Waals surface area contributed by atoms with Crippen molar-refractivity contribution < 1.29 is 4.79 Å². The fourth-order valence-electron chi connectivity index (χ4n) is 1.60. The molecule has 4 heteroatoms. The van der Waals surface area contributed by atoms with Crippen molar-refractivity contribution in [2.45, 2.75) is 19.3 Å². The molecule has 0 aliphatic carbocycles. The maximum absolute atomic E-state index is 12.3. The van der Waals surface area contributed by atoms with Crippen LogP contribution in [-0.2, 0) is 10.2 Å². The molecular weight excluding hydrogens is 220 g/mol. The van der Waals surface area contributed by atoms with Crippen molar-refractivity contribution >= 4 is 17.2 Å². The quantitative estimate of drug-likeness (QED) is 0.849. The fourth-order valence-corrected chi connectivity index (χ4v) is 2.44. The maximum Gasteiger partial charge on any atom is 0.233 e. The Morgan fingerprint density at radius 3 is 2.75 bits per heavy atom. The van der Waals surface area contributed by atoms with Gasteiger partial charge in [-0.05, 0) is 32.3 Å². The summed E-state index contributed by atoms with van der Waals surface area (Å²) in [7, 11) is 3.75. The fraction of sp³-hybridized carbons (Fsp3) is 0.583. The third-order valence-electron chi connectivity index (χ3n) is 2.72. The molecule has 0 aromatic carbocycles. The molecule has 0 saturated heterocycles. The molecule has 0 aliphatic heterocycles. The number of nitrogens with one attached hydrogen (secondary N) is 1. The Balaban J connectivity index is 2.72. The average molecular weight is 240 g/mol. The highest BCUT2D eigenvalue weighted by atomic mass is 32.1. The Labute approximate surface area is 101 Å². The summed E-state index contributed by atoms with van der Waals surface area (Å²) in [4.78, 5) is 15.2. The second kappa shape index (κ2) is 5.46. The van der Waals surface area contributed by atoms with E-state index in [0.717, 1.165) is 18.0 Å². The SMILES string of the molecule is CNCCN(C)C(=O)C(C)(C)c1cccs1. The molecule has 0 radical (unpaired) electrons. The summed E-state index contributed by atoms with van der Waals surface area (Å²) >= 11 is 1.64. The van der Waals surface area contributed by atoms with Gasteiger partial charge in [0, 0.05) is 25.0 Å². The van der Waals surface area contributed by atoms with Crippen molar-refractivity contribution in [3.05, 3.63) is 22.4 Å². The molecule has 1 aromatic rings. The molecule has 0 bridgehead atoms. The van der Waals surface area contributed by atoms with Crippen molar-refractivity contribution in [3.63, 3.8) is 0 Å². The second-order valence-corrected chi connectivity index (χ2v) is 5.38. The first-order chi connectivity index (χ1) is 7.50. The Morgan fingerprint density at radius 1 is 1.56 bits per heavy atom. The van der Waals surface area contributed by atoms with Gasteiger partial charge in [-0.1, -0.05) is 6.07 Å². The second-order valence-electron chi connectivity index (χ2n) is 4.43. The van der Waals surface area contributed by atoms with Crippen molar-refractivity contribution in [1.82, 2.24) is 10.2 Å². The van der Waals surface area contributed by atoms with Crippen LogP contribution in [0.4, 0.5) is 0 Å². The van der Waals surface area contributed by atoms with Gasteiger partial charge in [-0.15, -0.1) is 11.3 Å². The summed E-state index contributed by atoms with van der Waals surface area (Å²) in [5.41, 5.74) is -0.420. The highest BCUT2D eigenvalue weighted by molar-refractivity contribution is 7.10. The minimum atomic E-state index is -0.420. The molecule has 1 rings (SSSR count). The van der Waals surface area contributed by atoms with Gasteiger partial charge in [0.25, 0.3) is 0 Å². The van der Waals surface area contributed by atoms with Gasteiger partial charge in [-0.25, -0.2) is 0 Å². The van der Waals surface area contributed by atoms with Gasteiger partial charge in [-0.3, -0.25) is 4.79 Å². The number of hydrogen-bond acceptors (Lipinski definition) is 3. The van der Waals surface area contributed by atoms with Gasteiger partial charge in [0.05, 0.1) is 5.41 Å². The number of hydrogen-bond donors (Lipinski definition) is 1. The highest BCUT2D eigenvalue weighted by Crippen LogP contribution is 2.29. The summed E-state index contributed by atoms with van der Waals surface area (Å²) in [6.45, 7) is 5.53. The molecule has 0 aliphatic rings. The van der Waals surface area contributed by atoms with Gasteiger partial charge < -0.3 is 10.2 Å². The summed E-state index contributed by atoms with van der Waals surface area (Å²) in [5.74, 6) is 0.171. The van der Waals surface area contributed by atoms with Crippen LogP contribution in [-0.4, -0.2) is 38.0 Å². The third-order valence-corrected chi connectivity index (χ3v) is 3.91. The number of nitrogens with zero attached hydrogens (tertiary/aromatic N) is 1. The minimum Gasteiger partial charge on any atom is -0.344 e. The van der Waals surface area contributed by atoms with Gasteiger partial charge in [0.2, 0.25) is 5.91 Å². The van der Waals surface area contributed by atoms with E-state index in [1.165, 1.54) is 0 Å². The lowest BCUT2D eigenvalue weighted by Crippen LogP contribution is -2.43. The largest absolute Gasteiger partial charge is 0.344 e. The molecule has 1 aromatic heterocycles. The van der Waals surface area contributed by atoms with Crippen LogP contribution in [0.25, 0.3) is 0 Å². The van der Waals surface area contributed by atoms with E-state index >= 15 is 0 Å². The summed E-state index contributed by atoms with van der Waals surface area (Å²) in [5, 5.41) is 5.06. The Kier molecular flexibility index (Phi) is 4.50. The van der Waals surface area contributed by atoms with E-state index < -0.39 is 5.41 Å². The summed E-state index contributed by atoms with van der Waals surface area (Å²) in [6.07, 6.45) is 0. The molecule has 0 saturated carbocycles. The first-order valence-electron chi connectivity index (χ1n) is 5.44. The zero-order valence-electron chi connectivity index (χ0n) is 10.4. The Morgan fingerprint density at radius 2 is 2.25 bits per heavy atom. The zero-order chi connectivity index (χ0) is 12.2. The third kappa shape index (κ3) is 2.83. The number of thiophene rings is 1. The van der Waals surface area contributed by atoms with Crippen molar-refractivity contribution in [2.75, 3.05) is 27.2 Å². The molecular formula is C12H20N2OS. The monoisotopic (exact) mass is 240 g/mol. The van der Waals surface area contributed by atoms with E-state index in [1.54, 1.807) is 16.2 Å². The Hall–Kier alpha value is -0.870. The van der Waals surface area contributed by atoms with Crippen LogP contribution in [0.15, 0.2) is 17.5 Å². The molecule has 90 valence electrons. The van der Waals surface area contributed by atoms with Crippen LogP contribution in [0.2, 0.25) is 0 Å². The van der Waals surface area contributed by atoms with Crippen LogP contribution in [0.3, 0.4) is 0 Å². The predicted molar refractivity (Wildman–Crippen MR) is 68.9 cm³/mol. The van der Waals surface area contributed by atoms with Crippen LogP contribution in [0.1, 0.15) is 18.7 Å². The average Bonchev–Trinajstić information content (AvgIpc) is 2.78. The van der Waals surface area contributed by atoms with E-state index in [4.69, 9.17) is 0 Å².